The van der Waals surface area contributed by atoms with Gasteiger partial charge < -0.3 is 8.83 Å². The van der Waals surface area contributed by atoms with Gasteiger partial charge in [-0.2, -0.15) is 0 Å². The van der Waals surface area contributed by atoms with Crippen LogP contribution in [-0.2, 0) is 0 Å². The minimum absolute atomic E-state index is 0.544. The molecule has 0 bridgehead atoms. The topological polar surface area (TPSA) is 77.8 Å². The Morgan fingerprint density at radius 3 is 2.04 bits per heavy atom. The molecule has 0 amide bonds. The number of benzene rings is 6. The highest BCUT2D eigenvalue weighted by Crippen LogP contribution is 2.41. The first-order chi connectivity index (χ1) is 23.8. The van der Waals surface area contributed by atoms with Gasteiger partial charge in [0.25, 0.3) is 0 Å². The van der Waals surface area contributed by atoms with Gasteiger partial charge in [-0.1, -0.05) is 97.1 Å². The lowest BCUT2D eigenvalue weighted by Crippen LogP contribution is -2.01. The number of para-hydroxylation sites is 1. The van der Waals surface area contributed by atoms with Crippen LogP contribution in [0.15, 0.2) is 155 Å². The summed E-state index contributed by atoms with van der Waals surface area (Å²) in [5.41, 5.74) is 7.56. The lowest BCUT2D eigenvalue weighted by Gasteiger charge is -2.12. The Labute approximate surface area is 274 Å². The average Bonchev–Trinajstić information content (AvgIpc) is 3.73. The molecular weight excluding hydrogens is 592 g/mol. The molecule has 4 aromatic heterocycles. The Kier molecular flexibility index (Phi) is 5.77. The fraction of sp³-hybridized carbons (Fsp3) is 0. The van der Waals surface area contributed by atoms with E-state index in [2.05, 4.69) is 71.7 Å². The van der Waals surface area contributed by atoms with E-state index in [0.29, 0.717) is 23.2 Å². The quantitative estimate of drug-likeness (QED) is 0.196. The van der Waals surface area contributed by atoms with Crippen LogP contribution in [0.25, 0.3) is 100 Å². The first-order valence-corrected chi connectivity index (χ1v) is 15.8. The number of pyridine rings is 1. The summed E-state index contributed by atoms with van der Waals surface area (Å²) in [5, 5.41) is 6.14. The first-order valence-electron chi connectivity index (χ1n) is 15.8. The van der Waals surface area contributed by atoms with Gasteiger partial charge in [0.15, 0.2) is 17.5 Å². The Balaban J connectivity index is 1.29. The predicted octanol–water partition coefficient (Wildman–Crippen LogP) is 10.9. The van der Waals surface area contributed by atoms with Crippen LogP contribution in [0.4, 0.5) is 0 Å². The summed E-state index contributed by atoms with van der Waals surface area (Å²) in [4.78, 5) is 20.0. The molecule has 0 N–H and O–H groups in total. The minimum Gasteiger partial charge on any atom is -0.456 e. The Hall–Kier alpha value is -6.66. The molecule has 0 radical (unpaired) electrons. The summed E-state index contributed by atoms with van der Waals surface area (Å²) in [7, 11) is 0. The molecule has 0 spiro atoms. The second-order valence-electron chi connectivity index (χ2n) is 11.9. The zero-order valence-corrected chi connectivity index (χ0v) is 25.5. The maximum absolute atomic E-state index is 6.39. The summed E-state index contributed by atoms with van der Waals surface area (Å²) in [5.74, 6) is 1.68. The highest BCUT2D eigenvalue weighted by Gasteiger charge is 2.22. The van der Waals surface area contributed by atoms with E-state index < -0.39 is 0 Å². The lowest BCUT2D eigenvalue weighted by molar-refractivity contribution is 0.654. The molecule has 48 heavy (non-hydrogen) atoms. The molecule has 6 nitrogen and oxygen atoms in total. The first kappa shape index (κ1) is 26.5. The molecule has 4 heterocycles. The van der Waals surface area contributed by atoms with Crippen LogP contribution in [0.2, 0.25) is 0 Å². The smallest absolute Gasteiger partial charge is 0.227 e. The van der Waals surface area contributed by atoms with E-state index in [1.54, 1.807) is 6.20 Å². The number of nitrogens with zero attached hydrogens (tertiary/aromatic N) is 4. The Bertz CT molecular complexity index is 2850. The molecule has 0 saturated heterocycles. The number of fused-ring (bicyclic) bond motifs is 7. The summed E-state index contributed by atoms with van der Waals surface area (Å²) in [6.07, 6.45) is 1.75. The molecule has 0 aliphatic heterocycles. The fourth-order valence-electron chi connectivity index (χ4n) is 6.75. The van der Waals surface area contributed by atoms with Crippen molar-refractivity contribution in [2.75, 3.05) is 0 Å². The van der Waals surface area contributed by atoms with E-state index in [1.807, 2.05) is 72.8 Å². The third-order valence-electron chi connectivity index (χ3n) is 8.98. The van der Waals surface area contributed by atoms with E-state index >= 15 is 0 Å². The van der Waals surface area contributed by atoms with Gasteiger partial charge in [0, 0.05) is 44.4 Å². The molecule has 0 aliphatic rings. The monoisotopic (exact) mass is 616 g/mol. The summed E-state index contributed by atoms with van der Waals surface area (Å²) < 4.78 is 12.6. The van der Waals surface area contributed by atoms with Gasteiger partial charge in [0.1, 0.15) is 16.7 Å². The van der Waals surface area contributed by atoms with E-state index in [9.17, 15) is 0 Å². The van der Waals surface area contributed by atoms with Crippen molar-refractivity contribution in [3.8, 4) is 45.3 Å². The largest absolute Gasteiger partial charge is 0.456 e. The van der Waals surface area contributed by atoms with Crippen molar-refractivity contribution in [1.82, 2.24) is 19.9 Å². The normalized spacial score (nSPS) is 11.8. The molecule has 0 fully saturated rings. The van der Waals surface area contributed by atoms with Gasteiger partial charge in [-0.05, 0) is 64.4 Å². The molecule has 6 heteroatoms. The van der Waals surface area contributed by atoms with Crippen molar-refractivity contribution < 1.29 is 8.83 Å². The number of furan rings is 2. The van der Waals surface area contributed by atoms with Gasteiger partial charge in [-0.25, -0.2) is 19.9 Å². The number of rotatable bonds is 4. The van der Waals surface area contributed by atoms with Crippen molar-refractivity contribution in [2.24, 2.45) is 0 Å². The van der Waals surface area contributed by atoms with Gasteiger partial charge in [-0.3, -0.25) is 0 Å². The van der Waals surface area contributed by atoms with Gasteiger partial charge >= 0.3 is 0 Å². The molecule has 0 saturated carbocycles. The summed E-state index contributed by atoms with van der Waals surface area (Å²) >= 11 is 0. The Morgan fingerprint density at radius 1 is 0.396 bits per heavy atom. The highest BCUT2D eigenvalue weighted by atomic mass is 16.3. The molecule has 6 aromatic carbocycles. The van der Waals surface area contributed by atoms with Gasteiger partial charge in [-0.15, -0.1) is 0 Å². The number of hydrogen-bond acceptors (Lipinski definition) is 6. The zero-order chi connectivity index (χ0) is 31.6. The fourth-order valence-corrected chi connectivity index (χ4v) is 6.75. The van der Waals surface area contributed by atoms with Crippen LogP contribution < -0.4 is 0 Å². The van der Waals surface area contributed by atoms with Crippen LogP contribution in [0.3, 0.4) is 0 Å². The molecule has 0 unspecified atom stereocenters. The second kappa shape index (κ2) is 10.4. The van der Waals surface area contributed by atoms with Crippen molar-refractivity contribution in [2.45, 2.75) is 0 Å². The van der Waals surface area contributed by atoms with E-state index in [4.69, 9.17) is 23.8 Å². The van der Waals surface area contributed by atoms with Crippen molar-refractivity contribution >= 4 is 54.8 Å². The number of hydrogen-bond donors (Lipinski definition) is 0. The van der Waals surface area contributed by atoms with E-state index in [0.717, 1.165) is 71.5 Å². The molecule has 10 aromatic rings. The standard InChI is InChI=1S/C42H24N4O2/c1-2-11-26(12-3-1)39-44-40(31-15-8-18-35-37(31)30-14-6-7-17-34(30)47-35)46-41(45-39)33-23-29(28-20-19-25-10-4-5-13-27(25)22-28)24-36-38(33)32-16-9-21-43-42(32)48-36/h1-24H. The van der Waals surface area contributed by atoms with Crippen molar-refractivity contribution in [1.29, 1.82) is 0 Å². The van der Waals surface area contributed by atoms with E-state index in [1.165, 1.54) is 5.39 Å². The van der Waals surface area contributed by atoms with Gasteiger partial charge in [0.2, 0.25) is 5.71 Å². The van der Waals surface area contributed by atoms with Crippen LogP contribution in [0.5, 0.6) is 0 Å². The molecular formula is C42H24N4O2. The third kappa shape index (κ3) is 4.20. The zero-order valence-electron chi connectivity index (χ0n) is 25.5. The predicted molar refractivity (Wildman–Crippen MR) is 191 cm³/mol. The molecule has 0 aliphatic carbocycles. The SMILES string of the molecule is c1ccc(-c2nc(-c3cccc4oc5ccccc5c34)nc(-c3cc(-c4ccc5ccccc5c4)cc4oc5ncccc5c34)n2)cc1. The third-order valence-corrected chi connectivity index (χ3v) is 8.98. The van der Waals surface area contributed by atoms with Crippen LogP contribution in [0, 0.1) is 0 Å². The van der Waals surface area contributed by atoms with Crippen molar-refractivity contribution in [3.05, 3.63) is 146 Å². The van der Waals surface area contributed by atoms with Crippen LogP contribution in [0.1, 0.15) is 0 Å². The van der Waals surface area contributed by atoms with Crippen molar-refractivity contribution in [3.63, 3.8) is 0 Å². The maximum Gasteiger partial charge on any atom is 0.227 e. The molecule has 10 rings (SSSR count). The number of aromatic nitrogens is 4. The molecule has 0 atom stereocenters. The highest BCUT2D eigenvalue weighted by molar-refractivity contribution is 6.13. The average molecular weight is 617 g/mol. The second-order valence-corrected chi connectivity index (χ2v) is 11.9. The van der Waals surface area contributed by atoms with Crippen LogP contribution >= 0.6 is 0 Å². The Morgan fingerprint density at radius 2 is 1.12 bits per heavy atom. The minimum atomic E-state index is 0.544. The molecule has 224 valence electrons. The van der Waals surface area contributed by atoms with Crippen LogP contribution in [-0.4, -0.2) is 19.9 Å². The van der Waals surface area contributed by atoms with Gasteiger partial charge in [0.05, 0.1) is 0 Å². The summed E-state index contributed by atoms with van der Waals surface area (Å²) in [6, 6.07) is 47.2. The van der Waals surface area contributed by atoms with E-state index in [-0.39, 0.29) is 0 Å². The lowest BCUT2D eigenvalue weighted by atomic mass is 9.96. The summed E-state index contributed by atoms with van der Waals surface area (Å²) in [6.45, 7) is 0. The maximum atomic E-state index is 6.39.